The van der Waals surface area contributed by atoms with E-state index in [2.05, 4.69) is 15.7 Å². The average molecular weight is 410 g/mol. The molecule has 2 N–H and O–H groups in total. The number of Topliss-reactive ketones (excluding diaryl/α,β-unsaturated/α-hetero) is 1. The first-order valence-corrected chi connectivity index (χ1v) is 9.61. The maximum Gasteiger partial charge on any atom is 0.267 e. The number of halogens is 1. The van der Waals surface area contributed by atoms with Gasteiger partial charge < -0.3 is 10.6 Å². The van der Waals surface area contributed by atoms with Crippen LogP contribution in [0, 0.1) is 12.7 Å². The van der Waals surface area contributed by atoms with Gasteiger partial charge in [-0.2, -0.15) is 5.10 Å². The van der Waals surface area contributed by atoms with Gasteiger partial charge in [0.2, 0.25) is 0 Å². The van der Waals surface area contributed by atoms with Gasteiger partial charge in [-0.1, -0.05) is 24.3 Å². The molecule has 0 fully saturated rings. The zero-order valence-electron chi connectivity index (χ0n) is 16.8. The molecule has 1 heterocycles. The molecular weight excluding hydrogens is 387 g/mol. The number of carbonyl (C=O) groups is 3. The van der Waals surface area contributed by atoms with Crippen LogP contribution in [0.3, 0.4) is 0 Å². The number of carbonyl (C=O) groups excluding carboxylic acids is 3. The second-order valence-electron chi connectivity index (χ2n) is 7.03. The van der Waals surface area contributed by atoms with Crippen LogP contribution in [-0.2, 0) is 9.59 Å². The maximum atomic E-state index is 13.6. The minimum absolute atomic E-state index is 0.0806. The largest absolute Gasteiger partial charge is 0.350 e. The van der Waals surface area contributed by atoms with Gasteiger partial charge in [0.1, 0.15) is 17.6 Å². The van der Waals surface area contributed by atoms with Crippen LogP contribution in [-0.4, -0.2) is 42.4 Å². The zero-order chi connectivity index (χ0) is 21.7. The van der Waals surface area contributed by atoms with Gasteiger partial charge in [0.15, 0.2) is 5.78 Å². The molecule has 7 nitrogen and oxygen atoms in total. The van der Waals surface area contributed by atoms with Crippen molar-refractivity contribution in [1.82, 2.24) is 10.6 Å². The summed E-state index contributed by atoms with van der Waals surface area (Å²) in [5, 5.41) is 11.2. The highest BCUT2D eigenvalue weighted by molar-refractivity contribution is 6.40. The molecule has 2 aromatic rings. The summed E-state index contributed by atoms with van der Waals surface area (Å²) in [6, 6.07) is 12.9. The number of para-hydroxylation sites is 1. The fraction of sp³-hybridized carbons (Fsp3) is 0.273. The zero-order valence-corrected chi connectivity index (χ0v) is 16.8. The van der Waals surface area contributed by atoms with E-state index in [1.165, 1.54) is 19.1 Å². The van der Waals surface area contributed by atoms with E-state index in [0.29, 0.717) is 5.56 Å². The van der Waals surface area contributed by atoms with Gasteiger partial charge in [-0.3, -0.25) is 19.4 Å². The molecule has 0 saturated heterocycles. The minimum Gasteiger partial charge on any atom is -0.350 e. The number of hydrogen-bond donors (Lipinski definition) is 2. The van der Waals surface area contributed by atoms with E-state index in [1.807, 2.05) is 30.3 Å². The Morgan fingerprint density at radius 3 is 2.37 bits per heavy atom. The lowest BCUT2D eigenvalue weighted by Gasteiger charge is -2.20. The van der Waals surface area contributed by atoms with Crippen LogP contribution < -0.4 is 15.6 Å². The third-order valence-corrected chi connectivity index (χ3v) is 4.79. The summed E-state index contributed by atoms with van der Waals surface area (Å²) in [6.07, 6.45) is 0.213. The number of rotatable bonds is 7. The number of nitrogens with one attached hydrogen (secondary N) is 2. The van der Waals surface area contributed by atoms with E-state index >= 15 is 0 Å². The van der Waals surface area contributed by atoms with E-state index in [9.17, 15) is 18.8 Å². The van der Waals surface area contributed by atoms with Gasteiger partial charge in [-0.25, -0.2) is 4.39 Å². The normalized spacial score (nSPS) is 15.5. The Hall–Kier alpha value is -3.55. The lowest BCUT2D eigenvalue weighted by Crippen LogP contribution is -2.38. The molecule has 2 amide bonds. The molecule has 0 spiro atoms. The molecule has 1 atom stereocenters. The Labute approximate surface area is 174 Å². The summed E-state index contributed by atoms with van der Waals surface area (Å²) in [5.74, 6) is -1.34. The topological polar surface area (TPSA) is 90.9 Å². The number of amides is 2. The second kappa shape index (κ2) is 9.30. The first-order chi connectivity index (χ1) is 14.4. The molecular formula is C22H23FN4O3. The molecule has 1 aliphatic heterocycles. The van der Waals surface area contributed by atoms with Crippen LogP contribution in [0.2, 0.25) is 0 Å². The molecule has 1 aliphatic rings. The van der Waals surface area contributed by atoms with Crippen LogP contribution in [0.15, 0.2) is 53.6 Å². The summed E-state index contributed by atoms with van der Waals surface area (Å²) in [6.45, 7) is 3.44. The molecule has 8 heteroatoms. The van der Waals surface area contributed by atoms with Crippen molar-refractivity contribution in [3.63, 3.8) is 0 Å². The first kappa shape index (κ1) is 21.2. The molecule has 0 aromatic heterocycles. The number of anilines is 1. The van der Waals surface area contributed by atoms with Crippen molar-refractivity contribution in [2.24, 2.45) is 5.10 Å². The van der Waals surface area contributed by atoms with Crippen LogP contribution in [0.25, 0.3) is 0 Å². The number of benzene rings is 2. The van der Waals surface area contributed by atoms with Gasteiger partial charge >= 0.3 is 0 Å². The van der Waals surface area contributed by atoms with Crippen LogP contribution >= 0.6 is 0 Å². The molecule has 3 rings (SSSR count). The quantitative estimate of drug-likeness (QED) is 0.685. The van der Waals surface area contributed by atoms with E-state index in [-0.39, 0.29) is 36.6 Å². The van der Waals surface area contributed by atoms with Crippen molar-refractivity contribution in [1.29, 1.82) is 0 Å². The highest BCUT2D eigenvalue weighted by atomic mass is 19.1. The maximum absolute atomic E-state index is 13.6. The molecule has 0 radical (unpaired) electrons. The first-order valence-electron chi connectivity index (χ1n) is 9.61. The Morgan fingerprint density at radius 1 is 1.07 bits per heavy atom. The number of hydrogen-bond acceptors (Lipinski definition) is 5. The number of hydrazone groups is 1. The SMILES string of the molecule is CC(=O)C1CC(C(=O)NCCNC(=O)c2ccc(C)c(F)c2)=NN1c1ccccc1. The monoisotopic (exact) mass is 410 g/mol. The molecule has 2 aromatic carbocycles. The van der Waals surface area contributed by atoms with E-state index in [4.69, 9.17) is 0 Å². The van der Waals surface area contributed by atoms with Gasteiger partial charge in [0.05, 0.1) is 5.69 Å². The van der Waals surface area contributed by atoms with Gasteiger partial charge in [0, 0.05) is 25.1 Å². The highest BCUT2D eigenvalue weighted by Crippen LogP contribution is 2.24. The summed E-state index contributed by atoms with van der Waals surface area (Å²) in [4.78, 5) is 36.5. The van der Waals surface area contributed by atoms with Crippen LogP contribution in [0.1, 0.15) is 29.3 Å². The van der Waals surface area contributed by atoms with Crippen LogP contribution in [0.5, 0.6) is 0 Å². The van der Waals surface area contributed by atoms with Gasteiger partial charge in [-0.05, 0) is 43.7 Å². The third-order valence-electron chi connectivity index (χ3n) is 4.79. The number of ketones is 1. The second-order valence-corrected chi connectivity index (χ2v) is 7.03. The van der Waals surface area contributed by atoms with Crippen LogP contribution in [0.4, 0.5) is 10.1 Å². The summed E-state index contributed by atoms with van der Waals surface area (Å²) in [7, 11) is 0. The molecule has 1 unspecified atom stereocenters. The molecule has 0 bridgehead atoms. The van der Waals surface area contributed by atoms with Gasteiger partial charge in [0.25, 0.3) is 11.8 Å². The van der Waals surface area contributed by atoms with Crippen molar-refractivity contribution in [3.05, 3.63) is 65.5 Å². The van der Waals surface area contributed by atoms with Crippen molar-refractivity contribution in [2.45, 2.75) is 26.3 Å². The molecule has 0 aliphatic carbocycles. The standard InChI is InChI=1S/C22H23FN4O3/c1-14-8-9-16(12-18(14)23)21(29)24-10-11-25-22(30)19-13-20(15(2)28)27(26-19)17-6-4-3-5-7-17/h3-9,12,20H,10-11,13H2,1-2H3,(H,24,29)(H,25,30). The van der Waals surface area contributed by atoms with Crippen molar-refractivity contribution >= 4 is 29.0 Å². The highest BCUT2D eigenvalue weighted by Gasteiger charge is 2.33. The summed E-state index contributed by atoms with van der Waals surface area (Å²) >= 11 is 0. The lowest BCUT2D eigenvalue weighted by molar-refractivity contribution is -0.118. The average Bonchev–Trinajstić information content (AvgIpc) is 3.19. The Morgan fingerprint density at radius 2 is 1.73 bits per heavy atom. The summed E-state index contributed by atoms with van der Waals surface area (Å²) in [5.41, 5.74) is 1.67. The van der Waals surface area contributed by atoms with Crippen molar-refractivity contribution < 1.29 is 18.8 Å². The Balaban J connectivity index is 1.53. The summed E-state index contributed by atoms with van der Waals surface area (Å²) < 4.78 is 13.6. The Kier molecular flexibility index (Phi) is 6.56. The predicted octanol–water partition coefficient (Wildman–Crippen LogP) is 2.20. The van der Waals surface area contributed by atoms with Crippen molar-refractivity contribution in [3.8, 4) is 0 Å². The lowest BCUT2D eigenvalue weighted by atomic mass is 10.1. The fourth-order valence-corrected chi connectivity index (χ4v) is 3.07. The third kappa shape index (κ3) is 4.89. The van der Waals surface area contributed by atoms with E-state index in [0.717, 1.165) is 5.69 Å². The molecule has 156 valence electrons. The predicted molar refractivity (Wildman–Crippen MR) is 112 cm³/mol. The van der Waals surface area contributed by atoms with Crippen molar-refractivity contribution in [2.75, 3.05) is 18.1 Å². The molecule has 0 saturated carbocycles. The fourth-order valence-electron chi connectivity index (χ4n) is 3.07. The number of nitrogens with zero attached hydrogens (tertiary/aromatic N) is 2. The van der Waals surface area contributed by atoms with E-state index in [1.54, 1.807) is 18.0 Å². The minimum atomic E-state index is -0.524. The Bertz CT molecular complexity index is 991. The molecule has 30 heavy (non-hydrogen) atoms. The smallest absolute Gasteiger partial charge is 0.267 e. The number of aryl methyl sites for hydroxylation is 1. The van der Waals surface area contributed by atoms with Gasteiger partial charge in [-0.15, -0.1) is 0 Å². The van der Waals surface area contributed by atoms with E-state index < -0.39 is 23.7 Å².